The number of anilines is 1. The molecule has 3 aliphatic rings. The second-order valence-electron chi connectivity index (χ2n) is 12.7. The minimum absolute atomic E-state index is 0. The molecule has 0 spiro atoms. The van der Waals surface area contributed by atoms with Gasteiger partial charge in [0.1, 0.15) is 5.76 Å². The number of carbonyl (C=O) groups excluding carboxylic acids is 3. The first-order valence-corrected chi connectivity index (χ1v) is 15.3. The van der Waals surface area contributed by atoms with Crippen molar-refractivity contribution in [2.24, 2.45) is 22.2 Å². The molecular formula is C36H38Cl2N2O5. The summed E-state index contributed by atoms with van der Waals surface area (Å²) in [6.45, 7) is 6.85. The van der Waals surface area contributed by atoms with Gasteiger partial charge in [-0.15, -0.1) is 12.4 Å². The summed E-state index contributed by atoms with van der Waals surface area (Å²) in [4.78, 5) is 40.6. The van der Waals surface area contributed by atoms with Crippen molar-refractivity contribution in [3.05, 3.63) is 106 Å². The molecule has 1 unspecified atom stereocenters. The molecule has 0 saturated heterocycles. The first-order valence-electron chi connectivity index (χ1n) is 15.0. The number of fused-ring (bicyclic) bond motifs is 2. The maximum Gasteiger partial charge on any atom is 0.276 e. The standard InChI is InChI=1S/C21H26O3.C15H11ClN2O2.ClH/c1-21(2,3)14-10-8-13(9-11-14)12-17-18(22)15-6-4-5-7-16(15)19(23)20(17)24;16-10-6-7-12-11(8-10)13(9-4-2-1-3-5-9)18-15(20)14(19)17-12;/h4-7,13-14,22H,8-12H2,1-3H3;1-8,15,20H,(H,17,19);1H. The van der Waals surface area contributed by atoms with Gasteiger partial charge in [0.05, 0.1) is 11.4 Å². The Bertz CT molecular complexity index is 1650. The summed E-state index contributed by atoms with van der Waals surface area (Å²) in [6, 6.07) is 21.3. The SMILES string of the molecule is CC(C)(C)C1CCC(CC2=C(O)c3ccccc3C(=O)C2=O)CC1.Cl.O=C1Nc2ccc(Cl)cc2C(c2ccccc2)=NC1O. The van der Waals surface area contributed by atoms with Crippen LogP contribution in [0.4, 0.5) is 5.69 Å². The van der Waals surface area contributed by atoms with Gasteiger partial charge in [0.25, 0.3) is 5.91 Å². The highest BCUT2D eigenvalue weighted by atomic mass is 35.5. The number of hydrogen-bond donors (Lipinski definition) is 3. The largest absolute Gasteiger partial charge is 0.507 e. The molecule has 1 saturated carbocycles. The third-order valence-electron chi connectivity index (χ3n) is 8.78. The van der Waals surface area contributed by atoms with Gasteiger partial charge in [0, 0.05) is 32.8 Å². The van der Waals surface area contributed by atoms with Crippen LogP contribution in [0.15, 0.2) is 83.4 Å². The number of rotatable bonds is 3. The third kappa shape index (κ3) is 7.55. The summed E-state index contributed by atoms with van der Waals surface area (Å²) >= 11 is 6.03. The molecule has 1 aliphatic heterocycles. The van der Waals surface area contributed by atoms with Crippen molar-refractivity contribution in [1.82, 2.24) is 0 Å². The number of amides is 1. The maximum atomic E-state index is 12.4. The van der Waals surface area contributed by atoms with Crippen molar-refractivity contribution in [3.8, 4) is 0 Å². The molecule has 3 N–H and O–H groups in total. The molecule has 3 aromatic rings. The first kappa shape index (κ1) is 34.1. The van der Waals surface area contributed by atoms with Gasteiger partial charge in [0.15, 0.2) is 0 Å². The quantitative estimate of drug-likeness (QED) is 0.250. The van der Waals surface area contributed by atoms with Crippen molar-refractivity contribution in [2.45, 2.75) is 59.1 Å². The lowest BCUT2D eigenvalue weighted by Crippen LogP contribution is -2.28. The lowest BCUT2D eigenvalue weighted by atomic mass is 9.68. The highest BCUT2D eigenvalue weighted by Gasteiger charge is 2.36. The molecule has 1 heterocycles. The number of nitrogens with zero attached hydrogens (tertiary/aromatic N) is 1. The van der Waals surface area contributed by atoms with Crippen LogP contribution in [0.2, 0.25) is 5.02 Å². The van der Waals surface area contributed by atoms with E-state index in [1.807, 2.05) is 30.3 Å². The van der Waals surface area contributed by atoms with Gasteiger partial charge >= 0.3 is 0 Å². The van der Waals surface area contributed by atoms with Crippen LogP contribution in [-0.2, 0) is 9.59 Å². The van der Waals surface area contributed by atoms with E-state index in [1.54, 1.807) is 42.5 Å². The van der Waals surface area contributed by atoms with Crippen molar-refractivity contribution >= 4 is 58.6 Å². The molecule has 0 bridgehead atoms. The number of halogens is 2. The normalized spacial score (nSPS) is 21.2. The van der Waals surface area contributed by atoms with Crippen molar-refractivity contribution in [1.29, 1.82) is 0 Å². The molecule has 1 fully saturated rings. The van der Waals surface area contributed by atoms with E-state index in [9.17, 15) is 24.6 Å². The number of carbonyl (C=O) groups is 3. The average Bonchev–Trinajstić information content (AvgIpc) is 3.14. The molecule has 1 amide bonds. The molecule has 7 nitrogen and oxygen atoms in total. The minimum atomic E-state index is -1.43. The number of hydrogen-bond acceptors (Lipinski definition) is 6. The summed E-state index contributed by atoms with van der Waals surface area (Å²) in [5, 5.41) is 23.5. The summed E-state index contributed by atoms with van der Waals surface area (Å²) in [6.07, 6.45) is 3.50. The van der Waals surface area contributed by atoms with Gasteiger partial charge in [-0.05, 0) is 67.6 Å². The lowest BCUT2D eigenvalue weighted by molar-refractivity contribution is -0.123. The Kier molecular flexibility index (Phi) is 10.7. The van der Waals surface area contributed by atoms with Crippen LogP contribution >= 0.6 is 24.0 Å². The molecule has 3 aromatic carbocycles. The Labute approximate surface area is 274 Å². The minimum Gasteiger partial charge on any atom is -0.507 e. The molecule has 6 rings (SSSR count). The van der Waals surface area contributed by atoms with Crippen LogP contribution in [-0.4, -0.2) is 39.6 Å². The summed E-state index contributed by atoms with van der Waals surface area (Å²) in [7, 11) is 0. The fraction of sp³-hybridized carbons (Fsp3) is 0.333. The zero-order valence-corrected chi connectivity index (χ0v) is 27.1. The van der Waals surface area contributed by atoms with Gasteiger partial charge in [-0.1, -0.05) is 87.0 Å². The highest BCUT2D eigenvalue weighted by molar-refractivity contribution is 6.52. The summed E-state index contributed by atoms with van der Waals surface area (Å²) in [5.74, 6) is -0.470. The first-order chi connectivity index (χ1) is 20.9. The Morgan fingerprint density at radius 2 is 1.47 bits per heavy atom. The second-order valence-corrected chi connectivity index (χ2v) is 13.2. The molecule has 0 aromatic heterocycles. The molecule has 236 valence electrons. The van der Waals surface area contributed by atoms with Crippen LogP contribution in [0.25, 0.3) is 5.76 Å². The molecule has 0 radical (unpaired) electrons. The number of aliphatic hydroxyl groups is 2. The van der Waals surface area contributed by atoms with Gasteiger partial charge in [0.2, 0.25) is 17.8 Å². The van der Waals surface area contributed by atoms with Gasteiger partial charge in [-0.25, -0.2) is 4.99 Å². The number of allylic oxidation sites excluding steroid dienone is 1. The average molecular weight is 650 g/mol. The maximum absolute atomic E-state index is 12.4. The Balaban J connectivity index is 0.000000203. The van der Waals surface area contributed by atoms with E-state index in [1.165, 1.54) is 0 Å². The Hall–Kier alpha value is -3.78. The van der Waals surface area contributed by atoms with E-state index >= 15 is 0 Å². The number of Topliss-reactive ketones (excluding diaryl/α,β-unsaturated/α-hetero) is 2. The zero-order valence-electron chi connectivity index (χ0n) is 25.5. The van der Waals surface area contributed by atoms with Crippen LogP contribution in [0.5, 0.6) is 0 Å². The fourth-order valence-electron chi connectivity index (χ4n) is 6.22. The zero-order chi connectivity index (χ0) is 31.6. The van der Waals surface area contributed by atoms with Crippen LogP contribution in [0.3, 0.4) is 0 Å². The highest BCUT2D eigenvalue weighted by Crippen LogP contribution is 2.42. The van der Waals surface area contributed by atoms with Crippen molar-refractivity contribution in [2.75, 3.05) is 5.32 Å². The lowest BCUT2D eigenvalue weighted by Gasteiger charge is -2.37. The topological polar surface area (TPSA) is 116 Å². The van der Waals surface area contributed by atoms with E-state index in [0.717, 1.165) is 31.2 Å². The van der Waals surface area contributed by atoms with Crippen molar-refractivity contribution in [3.63, 3.8) is 0 Å². The van der Waals surface area contributed by atoms with Gasteiger partial charge in [-0.2, -0.15) is 0 Å². The van der Waals surface area contributed by atoms with E-state index in [-0.39, 0.29) is 18.2 Å². The van der Waals surface area contributed by atoms with Crippen molar-refractivity contribution < 1.29 is 24.6 Å². The monoisotopic (exact) mass is 648 g/mol. The number of aliphatic imine (C=N–C) groups is 1. The van der Waals surface area contributed by atoms with Crippen LogP contribution < -0.4 is 5.32 Å². The van der Waals surface area contributed by atoms with E-state index < -0.39 is 23.7 Å². The number of benzene rings is 3. The predicted octanol–water partition coefficient (Wildman–Crippen LogP) is 7.83. The summed E-state index contributed by atoms with van der Waals surface area (Å²) in [5.41, 5.74) is 4.08. The van der Waals surface area contributed by atoms with E-state index in [0.29, 0.717) is 62.4 Å². The molecule has 2 aliphatic carbocycles. The number of ketones is 2. The van der Waals surface area contributed by atoms with E-state index in [2.05, 4.69) is 31.1 Å². The predicted molar refractivity (Wildman–Crippen MR) is 180 cm³/mol. The van der Waals surface area contributed by atoms with Gasteiger partial charge < -0.3 is 15.5 Å². The van der Waals surface area contributed by atoms with E-state index in [4.69, 9.17) is 11.6 Å². The number of benzodiazepines with no additional fused rings is 1. The van der Waals surface area contributed by atoms with Crippen LogP contribution in [0.1, 0.15) is 79.9 Å². The molecule has 9 heteroatoms. The Morgan fingerprint density at radius 1 is 0.844 bits per heavy atom. The summed E-state index contributed by atoms with van der Waals surface area (Å²) < 4.78 is 0. The smallest absolute Gasteiger partial charge is 0.276 e. The number of nitrogens with one attached hydrogen (secondary N) is 1. The third-order valence-corrected chi connectivity index (χ3v) is 9.02. The molecule has 1 atom stereocenters. The molecule has 45 heavy (non-hydrogen) atoms. The Morgan fingerprint density at radius 3 is 2.11 bits per heavy atom. The van der Waals surface area contributed by atoms with Gasteiger partial charge in [-0.3, -0.25) is 14.4 Å². The fourth-order valence-corrected chi connectivity index (χ4v) is 6.40. The second kappa shape index (κ2) is 14.1. The van der Waals surface area contributed by atoms with Crippen LogP contribution in [0, 0.1) is 17.3 Å². The molecular weight excluding hydrogens is 611 g/mol. The number of aliphatic hydroxyl groups excluding tert-OH is 2.